The van der Waals surface area contributed by atoms with Gasteiger partial charge in [-0.05, 0) is 0 Å². The van der Waals surface area contributed by atoms with Crippen molar-refractivity contribution in [3.05, 3.63) is 12.2 Å². The van der Waals surface area contributed by atoms with Crippen molar-refractivity contribution in [1.29, 1.82) is 0 Å². The van der Waals surface area contributed by atoms with Crippen LogP contribution in [0.4, 0.5) is 13.2 Å². The molecule has 0 radical (unpaired) electrons. The van der Waals surface area contributed by atoms with Gasteiger partial charge in [0.25, 0.3) is 0 Å². The van der Waals surface area contributed by atoms with Crippen LogP contribution in [-0.4, -0.2) is 66.3 Å². The Morgan fingerprint density at radius 2 is 2.00 bits per heavy atom. The highest BCUT2D eigenvalue weighted by molar-refractivity contribution is 4.94. The molecule has 0 aliphatic carbocycles. The highest BCUT2D eigenvalue weighted by atomic mass is 19.4. The number of aromatic nitrogens is 3. The Morgan fingerprint density at radius 1 is 1.35 bits per heavy atom. The number of aliphatic hydroxyl groups is 4. The number of ether oxygens (including phenoxy) is 1. The Hall–Kier alpha value is -1.27. The van der Waals surface area contributed by atoms with Crippen molar-refractivity contribution in [2.45, 2.75) is 36.8 Å². The molecule has 0 saturated carbocycles. The van der Waals surface area contributed by atoms with Crippen molar-refractivity contribution in [1.82, 2.24) is 14.8 Å². The Bertz CT molecular complexity index is 468. The molecular weight excluding hydrogens is 287 g/mol. The van der Waals surface area contributed by atoms with Crippen LogP contribution in [0.1, 0.15) is 18.2 Å². The van der Waals surface area contributed by atoms with Crippen molar-refractivity contribution in [2.24, 2.45) is 0 Å². The number of halogens is 3. The van der Waals surface area contributed by atoms with Crippen molar-refractivity contribution in [3.63, 3.8) is 0 Å². The van der Waals surface area contributed by atoms with E-state index >= 15 is 0 Å². The number of hydrogen-bond acceptors (Lipinski definition) is 7. The maximum absolute atomic E-state index is 12.3. The van der Waals surface area contributed by atoms with Gasteiger partial charge in [-0.2, -0.15) is 18.3 Å². The highest BCUT2D eigenvalue weighted by Crippen LogP contribution is 2.32. The van der Waals surface area contributed by atoms with Crippen LogP contribution < -0.4 is 0 Å². The van der Waals surface area contributed by atoms with Crippen LogP contribution in [0.3, 0.4) is 0 Å². The standard InChI is InChI=1S/C9H12F3N3O5/c10-9(11,12)6(19)7-13-2-15(14-7)8-5(18)4(17)3(1-16)20-8/h2-6,8,16-19H,1H2/t3-,4-,5-,6?,8-/m1/s1. The fourth-order valence-electron chi connectivity index (χ4n) is 1.78. The van der Waals surface area contributed by atoms with Crippen LogP contribution in [0.25, 0.3) is 0 Å². The molecule has 0 amide bonds. The van der Waals surface area contributed by atoms with E-state index in [-0.39, 0.29) is 0 Å². The maximum atomic E-state index is 12.3. The number of nitrogens with zero attached hydrogens (tertiary/aromatic N) is 3. The molecule has 1 saturated heterocycles. The van der Waals surface area contributed by atoms with Crippen LogP contribution in [0.5, 0.6) is 0 Å². The van der Waals surface area contributed by atoms with E-state index in [1.807, 2.05) is 0 Å². The SMILES string of the molecule is OC[C@H]1O[C@@H](n2cnc(C(O)C(F)(F)F)n2)[C@H](O)[C@@H]1O. The summed E-state index contributed by atoms with van der Waals surface area (Å²) in [5, 5.41) is 40.4. The van der Waals surface area contributed by atoms with E-state index in [0.29, 0.717) is 0 Å². The Balaban J connectivity index is 2.18. The summed E-state index contributed by atoms with van der Waals surface area (Å²) < 4.78 is 42.6. The summed E-state index contributed by atoms with van der Waals surface area (Å²) in [5.74, 6) is -0.907. The number of hydrogen-bond donors (Lipinski definition) is 4. The van der Waals surface area contributed by atoms with E-state index in [9.17, 15) is 23.4 Å². The summed E-state index contributed by atoms with van der Waals surface area (Å²) >= 11 is 0. The summed E-state index contributed by atoms with van der Waals surface area (Å²) in [4.78, 5) is 3.28. The monoisotopic (exact) mass is 299 g/mol. The molecule has 1 aromatic rings. The lowest BCUT2D eigenvalue weighted by molar-refractivity contribution is -0.209. The summed E-state index contributed by atoms with van der Waals surface area (Å²) in [6, 6.07) is 0. The van der Waals surface area contributed by atoms with E-state index < -0.39 is 49.3 Å². The van der Waals surface area contributed by atoms with Crippen molar-refractivity contribution < 1.29 is 38.3 Å². The molecule has 0 bridgehead atoms. The van der Waals surface area contributed by atoms with Gasteiger partial charge < -0.3 is 25.2 Å². The van der Waals surface area contributed by atoms with E-state index in [0.717, 1.165) is 11.0 Å². The molecule has 1 aliphatic heterocycles. The molecular formula is C9H12F3N3O5. The summed E-state index contributed by atoms with van der Waals surface area (Å²) in [5.41, 5.74) is 0. The minimum atomic E-state index is -4.92. The van der Waals surface area contributed by atoms with Gasteiger partial charge in [0.1, 0.15) is 24.6 Å². The fourth-order valence-corrected chi connectivity index (χ4v) is 1.78. The molecule has 1 fully saturated rings. The first kappa shape index (κ1) is 15.1. The van der Waals surface area contributed by atoms with Gasteiger partial charge in [-0.25, -0.2) is 9.67 Å². The topological polar surface area (TPSA) is 121 Å². The first-order valence-electron chi connectivity index (χ1n) is 5.54. The van der Waals surface area contributed by atoms with E-state index in [2.05, 4.69) is 10.1 Å². The molecule has 4 N–H and O–H groups in total. The van der Waals surface area contributed by atoms with Crippen molar-refractivity contribution in [2.75, 3.05) is 6.61 Å². The maximum Gasteiger partial charge on any atom is 0.421 e. The molecule has 0 spiro atoms. The molecule has 0 aromatic carbocycles. The summed E-state index contributed by atoms with van der Waals surface area (Å²) in [6.07, 6.45) is -12.3. The van der Waals surface area contributed by atoms with Crippen molar-refractivity contribution >= 4 is 0 Å². The van der Waals surface area contributed by atoms with Gasteiger partial charge in [0.05, 0.1) is 6.61 Å². The third-order valence-corrected chi connectivity index (χ3v) is 2.86. The van der Waals surface area contributed by atoms with E-state index in [4.69, 9.17) is 14.9 Å². The smallest absolute Gasteiger partial charge is 0.394 e. The van der Waals surface area contributed by atoms with Crippen molar-refractivity contribution in [3.8, 4) is 0 Å². The van der Waals surface area contributed by atoms with Gasteiger partial charge in [-0.3, -0.25) is 0 Å². The van der Waals surface area contributed by atoms with Crippen LogP contribution in [0, 0.1) is 0 Å². The van der Waals surface area contributed by atoms with Crippen LogP contribution in [0.15, 0.2) is 6.33 Å². The predicted molar refractivity (Wildman–Crippen MR) is 54.0 cm³/mol. The lowest BCUT2D eigenvalue weighted by Crippen LogP contribution is -2.33. The third-order valence-electron chi connectivity index (χ3n) is 2.86. The zero-order chi connectivity index (χ0) is 15.1. The normalized spacial score (nSPS) is 32.5. The average Bonchev–Trinajstić information content (AvgIpc) is 2.95. The van der Waals surface area contributed by atoms with E-state index in [1.54, 1.807) is 0 Å². The second-order valence-electron chi connectivity index (χ2n) is 4.26. The number of rotatable bonds is 3. The van der Waals surface area contributed by atoms with Gasteiger partial charge in [0.2, 0.25) is 6.10 Å². The second-order valence-corrected chi connectivity index (χ2v) is 4.26. The molecule has 1 aromatic heterocycles. The van der Waals surface area contributed by atoms with Gasteiger partial charge in [0.15, 0.2) is 12.1 Å². The van der Waals surface area contributed by atoms with Gasteiger partial charge in [-0.15, -0.1) is 0 Å². The van der Waals surface area contributed by atoms with Crippen LogP contribution in [-0.2, 0) is 4.74 Å². The summed E-state index contributed by atoms with van der Waals surface area (Å²) in [7, 11) is 0. The molecule has 5 atom stereocenters. The quantitative estimate of drug-likeness (QED) is 0.535. The largest absolute Gasteiger partial charge is 0.421 e. The minimum absolute atomic E-state index is 0.582. The molecule has 114 valence electrons. The zero-order valence-electron chi connectivity index (χ0n) is 9.84. The van der Waals surface area contributed by atoms with Gasteiger partial charge in [-0.1, -0.05) is 0 Å². The highest BCUT2D eigenvalue weighted by Gasteiger charge is 2.45. The molecule has 2 rings (SSSR count). The first-order valence-corrected chi connectivity index (χ1v) is 5.54. The molecule has 8 nitrogen and oxygen atoms in total. The molecule has 2 heterocycles. The number of alkyl halides is 3. The molecule has 11 heteroatoms. The lowest BCUT2D eigenvalue weighted by atomic mass is 10.1. The molecule has 20 heavy (non-hydrogen) atoms. The third kappa shape index (κ3) is 2.62. The van der Waals surface area contributed by atoms with E-state index in [1.165, 1.54) is 0 Å². The first-order chi connectivity index (χ1) is 9.25. The predicted octanol–water partition coefficient (Wildman–Crippen LogP) is -1.51. The fraction of sp³-hybridized carbons (Fsp3) is 0.778. The Kier molecular flexibility index (Phi) is 3.97. The second kappa shape index (κ2) is 5.26. The van der Waals surface area contributed by atoms with Gasteiger partial charge in [0, 0.05) is 0 Å². The van der Waals surface area contributed by atoms with Gasteiger partial charge >= 0.3 is 6.18 Å². The zero-order valence-corrected chi connectivity index (χ0v) is 9.84. The Labute approximate surface area is 110 Å². The molecule has 1 aliphatic rings. The summed E-state index contributed by atoms with van der Waals surface area (Å²) in [6.45, 7) is -0.582. The van der Waals surface area contributed by atoms with Crippen LogP contribution >= 0.6 is 0 Å². The number of aliphatic hydroxyl groups excluding tert-OH is 4. The molecule has 1 unspecified atom stereocenters. The van der Waals surface area contributed by atoms with Crippen LogP contribution in [0.2, 0.25) is 0 Å². The minimum Gasteiger partial charge on any atom is -0.394 e. The average molecular weight is 299 g/mol. The Morgan fingerprint density at radius 3 is 2.50 bits per heavy atom. The lowest BCUT2D eigenvalue weighted by Gasteiger charge is -2.14.